The second-order valence-corrected chi connectivity index (χ2v) is 7.21. The van der Waals surface area contributed by atoms with Gasteiger partial charge in [-0.1, -0.05) is 18.2 Å². The predicted octanol–water partition coefficient (Wildman–Crippen LogP) is 3.09. The maximum atomic E-state index is 12.8. The molecular weight excluding hydrogens is 320 g/mol. The zero-order valence-electron chi connectivity index (χ0n) is 14.0. The summed E-state index contributed by atoms with van der Waals surface area (Å²) in [6, 6.07) is 9.55. The Hall–Kier alpha value is -2.37. The van der Waals surface area contributed by atoms with Gasteiger partial charge in [0.1, 0.15) is 17.6 Å². The van der Waals surface area contributed by atoms with Crippen molar-refractivity contribution in [3.63, 3.8) is 0 Å². The van der Waals surface area contributed by atoms with E-state index in [4.69, 9.17) is 14.2 Å². The monoisotopic (exact) mass is 338 g/mol. The lowest BCUT2D eigenvalue weighted by atomic mass is 9.77. The minimum Gasteiger partial charge on any atom is -0.496 e. The molecule has 0 amide bonds. The van der Waals surface area contributed by atoms with Gasteiger partial charge >= 0.3 is 0 Å². The van der Waals surface area contributed by atoms with E-state index in [2.05, 4.69) is 0 Å². The van der Waals surface area contributed by atoms with Crippen LogP contribution in [-0.4, -0.2) is 23.6 Å². The molecule has 0 spiro atoms. The molecule has 5 heteroatoms. The average Bonchev–Trinajstić information content (AvgIpc) is 2.87. The normalized spacial score (nSPS) is 28.7. The van der Waals surface area contributed by atoms with Crippen LogP contribution in [0.15, 0.2) is 30.3 Å². The summed E-state index contributed by atoms with van der Waals surface area (Å²) in [6.07, 6.45) is -0.315. The Bertz CT molecular complexity index is 915. The third-order valence-electron chi connectivity index (χ3n) is 5.28. The van der Waals surface area contributed by atoms with Crippen molar-refractivity contribution in [1.82, 2.24) is 0 Å². The number of methoxy groups -OCH3 is 1. The molecule has 128 valence electrons. The van der Waals surface area contributed by atoms with E-state index in [9.17, 15) is 9.90 Å². The smallest absolute Gasteiger partial charge is 0.231 e. The van der Waals surface area contributed by atoms with Crippen LogP contribution < -0.4 is 9.47 Å². The number of ether oxygens (including phenoxy) is 3. The van der Waals surface area contributed by atoms with E-state index in [0.29, 0.717) is 17.7 Å². The van der Waals surface area contributed by atoms with Crippen LogP contribution in [0.5, 0.6) is 11.5 Å². The average molecular weight is 338 g/mol. The Balaban J connectivity index is 1.73. The van der Waals surface area contributed by atoms with Crippen molar-refractivity contribution in [2.24, 2.45) is 0 Å². The van der Waals surface area contributed by atoms with Gasteiger partial charge in [0.25, 0.3) is 0 Å². The zero-order chi connectivity index (χ0) is 17.3. The molecule has 3 unspecified atom stereocenters. The van der Waals surface area contributed by atoms with E-state index in [-0.39, 0.29) is 18.3 Å². The highest BCUT2D eigenvalue weighted by molar-refractivity contribution is 6.01. The molecule has 1 aliphatic carbocycles. The number of fused-ring (bicyclic) bond motifs is 9. The summed E-state index contributed by atoms with van der Waals surface area (Å²) in [5.41, 5.74) is 3.12. The SMILES string of the molecule is COc1cccc2c1C1Oc3ccc4c(c3C2O1)C(=O)CC(C)(O)C4. The molecule has 2 heterocycles. The molecule has 0 radical (unpaired) electrons. The molecule has 5 rings (SSSR count). The van der Waals surface area contributed by atoms with Gasteiger partial charge in [0.2, 0.25) is 6.29 Å². The van der Waals surface area contributed by atoms with Crippen molar-refractivity contribution in [2.75, 3.05) is 7.11 Å². The summed E-state index contributed by atoms with van der Waals surface area (Å²) >= 11 is 0. The van der Waals surface area contributed by atoms with E-state index >= 15 is 0 Å². The third kappa shape index (κ3) is 2.00. The Kier molecular flexibility index (Phi) is 2.89. The highest BCUT2D eigenvalue weighted by Gasteiger charge is 2.46. The fraction of sp³-hybridized carbons (Fsp3) is 0.350. The number of benzene rings is 2. The molecule has 3 atom stereocenters. The molecule has 3 aliphatic rings. The summed E-state index contributed by atoms with van der Waals surface area (Å²) in [7, 11) is 1.62. The van der Waals surface area contributed by atoms with Crippen molar-refractivity contribution < 1.29 is 24.1 Å². The van der Waals surface area contributed by atoms with Gasteiger partial charge in [-0.2, -0.15) is 0 Å². The minimum absolute atomic E-state index is 0.0647. The quantitative estimate of drug-likeness (QED) is 0.866. The first kappa shape index (κ1) is 14.9. The van der Waals surface area contributed by atoms with Gasteiger partial charge in [-0.25, -0.2) is 0 Å². The van der Waals surface area contributed by atoms with Gasteiger partial charge in [-0.3, -0.25) is 4.79 Å². The van der Waals surface area contributed by atoms with Gasteiger partial charge in [-0.15, -0.1) is 0 Å². The summed E-state index contributed by atoms with van der Waals surface area (Å²) in [5.74, 6) is 1.33. The Labute approximate surface area is 145 Å². The first-order valence-corrected chi connectivity index (χ1v) is 8.39. The lowest BCUT2D eigenvalue weighted by Crippen LogP contribution is -2.36. The number of aliphatic hydroxyl groups is 1. The van der Waals surface area contributed by atoms with Crippen molar-refractivity contribution in [2.45, 2.75) is 37.8 Å². The Morgan fingerprint density at radius 2 is 2.04 bits per heavy atom. The van der Waals surface area contributed by atoms with Gasteiger partial charge in [-0.05, 0) is 30.2 Å². The van der Waals surface area contributed by atoms with Crippen LogP contribution in [0.1, 0.15) is 58.4 Å². The minimum atomic E-state index is -1.01. The van der Waals surface area contributed by atoms with Crippen LogP contribution in [0, 0.1) is 0 Å². The first-order valence-electron chi connectivity index (χ1n) is 8.39. The molecule has 2 aliphatic heterocycles. The van der Waals surface area contributed by atoms with Crippen molar-refractivity contribution in [3.05, 3.63) is 58.1 Å². The van der Waals surface area contributed by atoms with Crippen molar-refractivity contribution in [3.8, 4) is 11.5 Å². The second kappa shape index (κ2) is 4.84. The number of hydrogen-bond acceptors (Lipinski definition) is 5. The van der Waals surface area contributed by atoms with E-state index < -0.39 is 11.9 Å². The van der Waals surface area contributed by atoms with Crippen LogP contribution in [-0.2, 0) is 11.2 Å². The van der Waals surface area contributed by atoms with Crippen molar-refractivity contribution in [1.29, 1.82) is 0 Å². The lowest BCUT2D eigenvalue weighted by molar-refractivity contribution is -0.110. The molecule has 2 bridgehead atoms. The van der Waals surface area contributed by atoms with E-state index in [0.717, 1.165) is 28.0 Å². The fourth-order valence-corrected chi connectivity index (χ4v) is 4.30. The number of carbonyl (C=O) groups is 1. The molecule has 0 saturated carbocycles. The molecule has 1 N–H and O–H groups in total. The molecule has 0 fully saturated rings. The van der Waals surface area contributed by atoms with Crippen molar-refractivity contribution >= 4 is 5.78 Å². The van der Waals surface area contributed by atoms with Crippen LogP contribution in [0.3, 0.4) is 0 Å². The topological polar surface area (TPSA) is 65.0 Å². The maximum absolute atomic E-state index is 12.8. The standard InChI is InChI=1S/C20H18O5/c1-20(22)8-10-6-7-14-17(15(10)12(21)9-20)18-11-4-3-5-13(23-2)16(11)19(24-14)25-18/h3-7,18-19,22H,8-9H2,1-2H3. The first-order chi connectivity index (χ1) is 12.0. The number of hydrogen-bond donors (Lipinski definition) is 1. The van der Waals surface area contributed by atoms with E-state index in [1.54, 1.807) is 14.0 Å². The molecule has 2 aromatic rings. The number of Topliss-reactive ketones (excluding diaryl/α,β-unsaturated/α-hetero) is 1. The highest BCUT2D eigenvalue weighted by atomic mass is 16.7. The van der Waals surface area contributed by atoms with E-state index in [1.807, 2.05) is 30.3 Å². The van der Waals surface area contributed by atoms with Gasteiger partial charge < -0.3 is 19.3 Å². The van der Waals surface area contributed by atoms with Crippen LogP contribution in [0.4, 0.5) is 0 Å². The Morgan fingerprint density at radius 1 is 1.20 bits per heavy atom. The molecular formula is C20H18O5. The number of carbonyl (C=O) groups excluding carboxylic acids is 1. The van der Waals surface area contributed by atoms with Gasteiger partial charge in [0.05, 0.1) is 18.3 Å². The van der Waals surface area contributed by atoms with Crippen LogP contribution >= 0.6 is 0 Å². The highest BCUT2D eigenvalue weighted by Crippen LogP contribution is 2.55. The second-order valence-electron chi connectivity index (χ2n) is 7.21. The summed E-state index contributed by atoms with van der Waals surface area (Å²) in [5, 5.41) is 10.4. The van der Waals surface area contributed by atoms with E-state index in [1.165, 1.54) is 0 Å². The zero-order valence-corrected chi connectivity index (χ0v) is 14.0. The summed E-state index contributed by atoms with van der Waals surface area (Å²) < 4.78 is 17.6. The molecule has 25 heavy (non-hydrogen) atoms. The lowest BCUT2D eigenvalue weighted by Gasteiger charge is -2.33. The largest absolute Gasteiger partial charge is 0.496 e. The molecule has 0 saturated heterocycles. The Morgan fingerprint density at radius 3 is 2.84 bits per heavy atom. The van der Waals surface area contributed by atoms with Gasteiger partial charge in [0.15, 0.2) is 5.78 Å². The predicted molar refractivity (Wildman–Crippen MR) is 89.0 cm³/mol. The summed E-state index contributed by atoms with van der Waals surface area (Å²) in [6.45, 7) is 1.70. The van der Waals surface area contributed by atoms with Gasteiger partial charge in [0, 0.05) is 24.0 Å². The van der Waals surface area contributed by atoms with Crippen LogP contribution in [0.2, 0.25) is 0 Å². The summed E-state index contributed by atoms with van der Waals surface area (Å²) in [4.78, 5) is 12.8. The molecule has 2 aromatic carbocycles. The maximum Gasteiger partial charge on any atom is 0.231 e. The molecule has 0 aromatic heterocycles. The molecule has 5 nitrogen and oxygen atoms in total. The fourth-order valence-electron chi connectivity index (χ4n) is 4.30. The number of ketones is 1. The van der Waals surface area contributed by atoms with Crippen LogP contribution in [0.25, 0.3) is 0 Å². The third-order valence-corrected chi connectivity index (χ3v) is 5.28. The number of rotatable bonds is 1.